The summed E-state index contributed by atoms with van der Waals surface area (Å²) < 4.78 is 85.9. The van der Waals surface area contributed by atoms with Crippen LogP contribution in [0.5, 0.6) is 0 Å². The monoisotopic (exact) mass is 581 g/mol. The van der Waals surface area contributed by atoms with E-state index in [9.17, 15) is 36.3 Å². The second-order valence-corrected chi connectivity index (χ2v) is 9.85. The van der Waals surface area contributed by atoms with Gasteiger partial charge in [0.15, 0.2) is 11.6 Å². The molecule has 1 aliphatic rings. The molecule has 1 saturated heterocycles. The number of halogens is 6. The third-order valence-corrected chi connectivity index (χ3v) is 7.15. The van der Waals surface area contributed by atoms with E-state index in [1.807, 2.05) is 25.9 Å². The number of hydrogen-bond acceptors (Lipinski definition) is 5. The zero-order valence-corrected chi connectivity index (χ0v) is 22.0. The van der Waals surface area contributed by atoms with Gasteiger partial charge in [0.05, 0.1) is 28.1 Å². The number of rotatable bonds is 5. The molecule has 14 heteroatoms. The lowest BCUT2D eigenvalue weighted by Crippen LogP contribution is -2.55. The number of nitrogens with zero attached hydrogens (tertiary/aromatic N) is 2. The number of H-pyrrole nitrogens is 1. The van der Waals surface area contributed by atoms with Crippen LogP contribution in [0.25, 0.3) is 11.1 Å². The SMILES string of the molecule is C[C@@H]1CN(c2cc(F)c(-c3ccc(C(N)=O)c(F)c3F)cc2NC(=O)c2c[nH]c(=O)cc2C(F)(F)F)C[C@H](C)N1C. The van der Waals surface area contributed by atoms with Gasteiger partial charge < -0.3 is 20.9 Å². The number of benzene rings is 2. The number of alkyl halides is 3. The number of likely N-dealkylation sites (N-methyl/N-ethyl adjacent to an activating group) is 1. The van der Waals surface area contributed by atoms with Crippen LogP contribution in [0, 0.1) is 17.5 Å². The number of nitrogens with two attached hydrogens (primary N) is 1. The smallest absolute Gasteiger partial charge is 0.367 e. The Labute approximate surface area is 229 Å². The highest BCUT2D eigenvalue weighted by Crippen LogP contribution is 2.38. The summed E-state index contributed by atoms with van der Waals surface area (Å²) in [7, 11) is 1.89. The van der Waals surface area contributed by atoms with Gasteiger partial charge in [-0.3, -0.25) is 19.3 Å². The van der Waals surface area contributed by atoms with Crippen LogP contribution in [0.1, 0.15) is 40.1 Å². The van der Waals surface area contributed by atoms with E-state index in [4.69, 9.17) is 5.73 Å². The lowest BCUT2D eigenvalue weighted by molar-refractivity contribution is -0.138. The number of carbonyl (C=O) groups excluding carboxylic acids is 2. The first kappa shape index (κ1) is 29.6. The summed E-state index contributed by atoms with van der Waals surface area (Å²) in [5.41, 5.74) is -0.505. The van der Waals surface area contributed by atoms with Crippen molar-refractivity contribution in [1.29, 1.82) is 0 Å². The fraction of sp³-hybridized carbons (Fsp3) is 0.296. The standard InChI is InChI=1S/C27H25F6N5O3/c1-12-10-38(11-13(2)37(12)3)21-8-19(28)16(14-4-5-15(25(34)40)24(30)23(14)29)6-20(21)36-26(41)17-9-35-22(39)7-18(17)27(31,32)33/h4-9,12-13H,10-11H2,1-3H3,(H2,34,40)(H,35,39)(H,36,41)/t12-,13+. The lowest BCUT2D eigenvalue weighted by atomic mass is 9.99. The highest BCUT2D eigenvalue weighted by Gasteiger charge is 2.36. The van der Waals surface area contributed by atoms with Crippen LogP contribution >= 0.6 is 0 Å². The largest absolute Gasteiger partial charge is 0.417 e. The molecule has 2 amide bonds. The Kier molecular flexibility index (Phi) is 7.89. The number of hydrogen-bond donors (Lipinski definition) is 3. The van der Waals surface area contributed by atoms with Gasteiger partial charge in [0, 0.05) is 48.6 Å². The predicted octanol–water partition coefficient (Wildman–Crippen LogP) is 4.36. The predicted molar refractivity (Wildman–Crippen MR) is 139 cm³/mol. The van der Waals surface area contributed by atoms with Gasteiger partial charge in [-0.15, -0.1) is 0 Å². The van der Waals surface area contributed by atoms with Gasteiger partial charge in [-0.25, -0.2) is 13.2 Å². The average Bonchev–Trinajstić information content (AvgIpc) is 2.88. The quantitative estimate of drug-likeness (QED) is 0.388. The van der Waals surface area contributed by atoms with Gasteiger partial charge in [0.25, 0.3) is 11.8 Å². The van der Waals surface area contributed by atoms with E-state index in [-0.39, 0.29) is 29.5 Å². The molecule has 4 rings (SSSR count). The summed E-state index contributed by atoms with van der Waals surface area (Å²) in [6, 6.07) is 3.85. The Balaban J connectivity index is 1.88. The van der Waals surface area contributed by atoms with Crippen molar-refractivity contribution >= 4 is 23.2 Å². The minimum Gasteiger partial charge on any atom is -0.367 e. The summed E-state index contributed by atoms with van der Waals surface area (Å²) in [5.74, 6) is -6.78. The van der Waals surface area contributed by atoms with E-state index in [1.54, 1.807) is 4.90 Å². The number of amides is 2. The minimum absolute atomic E-state index is 0.0473. The molecule has 8 nitrogen and oxygen atoms in total. The molecule has 4 N–H and O–H groups in total. The van der Waals surface area contributed by atoms with E-state index >= 15 is 4.39 Å². The normalized spacial score (nSPS) is 17.9. The first-order valence-corrected chi connectivity index (χ1v) is 12.3. The molecule has 0 unspecified atom stereocenters. The van der Waals surface area contributed by atoms with Gasteiger partial charge in [-0.1, -0.05) is 6.07 Å². The van der Waals surface area contributed by atoms with Crippen LogP contribution in [-0.4, -0.2) is 53.9 Å². The van der Waals surface area contributed by atoms with Crippen LogP contribution in [0.4, 0.5) is 37.7 Å². The summed E-state index contributed by atoms with van der Waals surface area (Å²) in [4.78, 5) is 41.9. The topological polar surface area (TPSA) is 112 Å². The highest BCUT2D eigenvalue weighted by molar-refractivity contribution is 6.07. The van der Waals surface area contributed by atoms with Crippen LogP contribution < -0.4 is 21.5 Å². The molecular formula is C27H25F6N5O3. The Morgan fingerprint density at radius 3 is 2.20 bits per heavy atom. The Morgan fingerprint density at radius 1 is 0.976 bits per heavy atom. The molecule has 0 saturated carbocycles. The van der Waals surface area contributed by atoms with E-state index in [0.717, 1.165) is 24.3 Å². The van der Waals surface area contributed by atoms with Gasteiger partial charge in [-0.2, -0.15) is 13.2 Å². The molecule has 2 aromatic carbocycles. The zero-order chi connectivity index (χ0) is 30.4. The molecule has 0 radical (unpaired) electrons. The molecule has 0 aliphatic carbocycles. The van der Waals surface area contributed by atoms with Gasteiger partial charge in [0.2, 0.25) is 5.56 Å². The number of piperazine rings is 1. The number of aromatic nitrogens is 1. The van der Waals surface area contributed by atoms with E-state index < -0.39 is 68.8 Å². The highest BCUT2D eigenvalue weighted by atomic mass is 19.4. The van der Waals surface area contributed by atoms with Crippen molar-refractivity contribution in [1.82, 2.24) is 9.88 Å². The van der Waals surface area contributed by atoms with Crippen molar-refractivity contribution in [2.75, 3.05) is 30.4 Å². The molecule has 2 heterocycles. The summed E-state index contributed by atoms with van der Waals surface area (Å²) in [5, 5.41) is 2.32. The maximum atomic E-state index is 15.5. The molecule has 1 aliphatic heterocycles. The Hall–Kier alpha value is -4.33. The molecular weight excluding hydrogens is 556 g/mol. The molecule has 2 atom stereocenters. The first-order chi connectivity index (χ1) is 19.1. The third-order valence-electron chi connectivity index (χ3n) is 7.15. The summed E-state index contributed by atoms with van der Waals surface area (Å²) >= 11 is 0. The van der Waals surface area contributed by atoms with Gasteiger partial charge >= 0.3 is 6.18 Å². The first-order valence-electron chi connectivity index (χ1n) is 12.3. The molecule has 3 aromatic rings. The number of pyridine rings is 1. The van der Waals surface area contributed by atoms with E-state index in [1.165, 1.54) is 0 Å². The maximum Gasteiger partial charge on any atom is 0.417 e. The molecule has 0 bridgehead atoms. The number of anilines is 2. The fourth-order valence-corrected chi connectivity index (χ4v) is 4.76. The number of nitrogens with one attached hydrogen (secondary N) is 2. The van der Waals surface area contributed by atoms with Crippen molar-refractivity contribution in [2.45, 2.75) is 32.1 Å². The molecule has 218 valence electrons. The number of primary amides is 1. The van der Waals surface area contributed by atoms with E-state index in [0.29, 0.717) is 19.3 Å². The zero-order valence-electron chi connectivity index (χ0n) is 22.0. The van der Waals surface area contributed by atoms with Crippen molar-refractivity contribution in [3.05, 3.63) is 81.0 Å². The maximum absolute atomic E-state index is 15.5. The number of carbonyl (C=O) groups is 2. The third kappa shape index (κ3) is 5.78. The Morgan fingerprint density at radius 2 is 1.61 bits per heavy atom. The summed E-state index contributed by atoms with van der Waals surface area (Å²) in [6.07, 6.45) is -4.45. The van der Waals surface area contributed by atoms with E-state index in [2.05, 4.69) is 10.2 Å². The van der Waals surface area contributed by atoms with Crippen LogP contribution in [-0.2, 0) is 6.18 Å². The minimum atomic E-state index is -5.05. The fourth-order valence-electron chi connectivity index (χ4n) is 4.76. The van der Waals surface area contributed by atoms with Crippen molar-refractivity contribution in [3.63, 3.8) is 0 Å². The average molecular weight is 582 g/mol. The van der Waals surface area contributed by atoms with Crippen molar-refractivity contribution < 1.29 is 35.9 Å². The van der Waals surface area contributed by atoms with Crippen molar-refractivity contribution in [3.8, 4) is 11.1 Å². The second-order valence-electron chi connectivity index (χ2n) is 9.85. The second kappa shape index (κ2) is 10.9. The molecule has 41 heavy (non-hydrogen) atoms. The van der Waals surface area contributed by atoms with Gasteiger partial charge in [-0.05, 0) is 39.1 Å². The van der Waals surface area contributed by atoms with Crippen LogP contribution in [0.15, 0.2) is 41.3 Å². The van der Waals surface area contributed by atoms with Crippen LogP contribution in [0.2, 0.25) is 0 Å². The molecule has 0 spiro atoms. The van der Waals surface area contributed by atoms with Gasteiger partial charge in [0.1, 0.15) is 5.82 Å². The molecule has 1 aromatic heterocycles. The lowest BCUT2D eigenvalue weighted by Gasteiger charge is -2.44. The van der Waals surface area contributed by atoms with Crippen molar-refractivity contribution in [2.24, 2.45) is 5.73 Å². The summed E-state index contributed by atoms with van der Waals surface area (Å²) in [6.45, 7) is 4.48. The molecule has 1 fully saturated rings. The van der Waals surface area contributed by atoms with Crippen LogP contribution in [0.3, 0.4) is 0 Å². The number of aromatic amines is 1. The Bertz CT molecular complexity index is 1580.